The van der Waals surface area contributed by atoms with Gasteiger partial charge < -0.3 is 5.32 Å². The predicted molar refractivity (Wildman–Crippen MR) is 78.9 cm³/mol. The zero-order valence-corrected chi connectivity index (χ0v) is 12.6. The van der Waals surface area contributed by atoms with E-state index in [0.29, 0.717) is 0 Å². The van der Waals surface area contributed by atoms with E-state index in [0.717, 1.165) is 23.9 Å². The summed E-state index contributed by atoms with van der Waals surface area (Å²) in [6.45, 7) is 10.9. The van der Waals surface area contributed by atoms with E-state index in [1.807, 2.05) is 0 Å². The van der Waals surface area contributed by atoms with Crippen LogP contribution in [0.5, 0.6) is 0 Å². The molecule has 2 rings (SSSR count). The summed E-state index contributed by atoms with van der Waals surface area (Å²) >= 11 is 0. The number of nitrogens with one attached hydrogen (secondary N) is 1. The molecule has 2 fully saturated rings. The van der Waals surface area contributed by atoms with Crippen molar-refractivity contribution in [2.24, 2.45) is 11.8 Å². The van der Waals surface area contributed by atoms with Crippen molar-refractivity contribution in [3.05, 3.63) is 0 Å². The van der Waals surface area contributed by atoms with Gasteiger partial charge in [-0.25, -0.2) is 0 Å². The molecule has 0 spiro atoms. The maximum absolute atomic E-state index is 3.77. The fraction of sp³-hybridized carbons (Fsp3) is 1.00. The Kier molecular flexibility index (Phi) is 5.50. The highest BCUT2D eigenvalue weighted by atomic mass is 15.2. The quantitative estimate of drug-likeness (QED) is 0.780. The van der Waals surface area contributed by atoms with E-state index in [9.17, 15) is 0 Å². The highest BCUT2D eigenvalue weighted by Gasteiger charge is 2.36. The van der Waals surface area contributed by atoms with Crippen LogP contribution in [-0.4, -0.2) is 36.6 Å². The van der Waals surface area contributed by atoms with Crippen LogP contribution >= 0.6 is 0 Å². The number of hydrogen-bond acceptors (Lipinski definition) is 2. The molecule has 0 radical (unpaired) electrons. The van der Waals surface area contributed by atoms with Crippen molar-refractivity contribution in [2.45, 2.75) is 71.4 Å². The first-order chi connectivity index (χ1) is 8.74. The van der Waals surface area contributed by atoms with E-state index in [1.165, 1.54) is 58.2 Å². The maximum Gasteiger partial charge on any atom is 0.0198 e. The lowest BCUT2D eigenvalue weighted by molar-refractivity contribution is 0.0211. The number of nitrogens with zero attached hydrogens (tertiary/aromatic N) is 1. The molecule has 0 aromatic heterocycles. The van der Waals surface area contributed by atoms with Crippen LogP contribution in [0.4, 0.5) is 0 Å². The van der Waals surface area contributed by atoms with Crippen molar-refractivity contribution in [1.29, 1.82) is 0 Å². The van der Waals surface area contributed by atoms with Crippen LogP contribution in [0.15, 0.2) is 0 Å². The summed E-state index contributed by atoms with van der Waals surface area (Å²) in [6, 6.07) is 1.65. The molecule has 0 amide bonds. The molecule has 2 aliphatic rings. The molecular weight excluding hydrogens is 220 g/mol. The van der Waals surface area contributed by atoms with E-state index < -0.39 is 0 Å². The van der Waals surface area contributed by atoms with Crippen LogP contribution in [0.2, 0.25) is 0 Å². The highest BCUT2D eigenvalue weighted by Crippen LogP contribution is 2.35. The molecule has 106 valence electrons. The van der Waals surface area contributed by atoms with Crippen LogP contribution in [0.25, 0.3) is 0 Å². The normalized spacial score (nSPS) is 37.5. The SMILES string of the molecule is CCCNC1CC(CCC)CN(C2CCC2C)C1. The molecule has 4 atom stereocenters. The lowest BCUT2D eigenvalue weighted by atomic mass is 9.78. The highest BCUT2D eigenvalue weighted by molar-refractivity contribution is 4.92. The van der Waals surface area contributed by atoms with Crippen LogP contribution in [0, 0.1) is 11.8 Å². The van der Waals surface area contributed by atoms with Crippen molar-refractivity contribution in [3.63, 3.8) is 0 Å². The zero-order chi connectivity index (χ0) is 13.0. The Labute approximate surface area is 114 Å². The molecule has 0 bridgehead atoms. The molecule has 1 saturated carbocycles. The number of hydrogen-bond donors (Lipinski definition) is 1. The lowest BCUT2D eigenvalue weighted by Crippen LogP contribution is -2.56. The largest absolute Gasteiger partial charge is 0.313 e. The molecule has 18 heavy (non-hydrogen) atoms. The Hall–Kier alpha value is -0.0800. The number of rotatable bonds is 6. The van der Waals surface area contributed by atoms with E-state index in [-0.39, 0.29) is 0 Å². The first-order valence-corrected chi connectivity index (χ1v) is 8.22. The van der Waals surface area contributed by atoms with Crippen molar-refractivity contribution < 1.29 is 0 Å². The first-order valence-electron chi connectivity index (χ1n) is 8.22. The Balaban J connectivity index is 1.88. The van der Waals surface area contributed by atoms with E-state index >= 15 is 0 Å². The molecule has 2 heteroatoms. The van der Waals surface area contributed by atoms with E-state index in [1.54, 1.807) is 0 Å². The molecule has 0 aromatic carbocycles. The summed E-state index contributed by atoms with van der Waals surface area (Å²) in [5.41, 5.74) is 0. The molecule has 1 heterocycles. The van der Waals surface area contributed by atoms with Gasteiger partial charge in [0.15, 0.2) is 0 Å². The van der Waals surface area contributed by atoms with E-state index in [2.05, 4.69) is 31.0 Å². The molecule has 4 unspecified atom stereocenters. The minimum absolute atomic E-state index is 0.753. The monoisotopic (exact) mass is 252 g/mol. The summed E-state index contributed by atoms with van der Waals surface area (Å²) in [7, 11) is 0. The van der Waals surface area contributed by atoms with Crippen molar-refractivity contribution >= 4 is 0 Å². The summed E-state index contributed by atoms with van der Waals surface area (Å²) in [5, 5.41) is 3.77. The second-order valence-corrected chi connectivity index (χ2v) is 6.62. The summed E-state index contributed by atoms with van der Waals surface area (Å²) in [6.07, 6.45) is 8.33. The Morgan fingerprint density at radius 1 is 1.11 bits per heavy atom. The zero-order valence-electron chi connectivity index (χ0n) is 12.6. The standard InChI is InChI=1S/C16H32N2/c1-4-6-14-10-15(17-9-5-2)12-18(11-14)16-8-7-13(16)3/h13-17H,4-12H2,1-3H3. The van der Waals surface area contributed by atoms with Crippen molar-refractivity contribution in [3.8, 4) is 0 Å². The molecule has 1 saturated heterocycles. The van der Waals surface area contributed by atoms with Crippen LogP contribution < -0.4 is 5.32 Å². The second-order valence-electron chi connectivity index (χ2n) is 6.62. The summed E-state index contributed by atoms with van der Waals surface area (Å²) < 4.78 is 0. The smallest absolute Gasteiger partial charge is 0.0198 e. The van der Waals surface area contributed by atoms with Gasteiger partial charge in [0, 0.05) is 25.2 Å². The van der Waals surface area contributed by atoms with E-state index in [4.69, 9.17) is 0 Å². The van der Waals surface area contributed by atoms with Crippen LogP contribution in [0.1, 0.15) is 59.3 Å². The average molecular weight is 252 g/mol. The Bertz CT molecular complexity index is 241. The average Bonchev–Trinajstić information content (AvgIpc) is 2.35. The number of likely N-dealkylation sites (tertiary alicyclic amines) is 1. The van der Waals surface area contributed by atoms with Gasteiger partial charge in [0.2, 0.25) is 0 Å². The lowest BCUT2D eigenvalue weighted by Gasteiger charge is -2.48. The minimum atomic E-state index is 0.753. The van der Waals surface area contributed by atoms with Gasteiger partial charge in [0.1, 0.15) is 0 Å². The molecule has 2 nitrogen and oxygen atoms in total. The molecule has 1 aliphatic heterocycles. The van der Waals surface area contributed by atoms with Gasteiger partial charge in [-0.15, -0.1) is 0 Å². The van der Waals surface area contributed by atoms with Gasteiger partial charge in [-0.3, -0.25) is 4.90 Å². The van der Waals surface area contributed by atoms with Gasteiger partial charge in [-0.05, 0) is 50.5 Å². The fourth-order valence-corrected chi connectivity index (χ4v) is 3.82. The van der Waals surface area contributed by atoms with Crippen LogP contribution in [0.3, 0.4) is 0 Å². The van der Waals surface area contributed by atoms with Gasteiger partial charge in [-0.2, -0.15) is 0 Å². The topological polar surface area (TPSA) is 15.3 Å². The summed E-state index contributed by atoms with van der Waals surface area (Å²) in [5.74, 6) is 1.88. The predicted octanol–water partition coefficient (Wildman–Crippen LogP) is 3.28. The second kappa shape index (κ2) is 6.91. The molecule has 0 aromatic rings. The van der Waals surface area contributed by atoms with Crippen LogP contribution in [-0.2, 0) is 0 Å². The van der Waals surface area contributed by atoms with Crippen molar-refractivity contribution in [2.75, 3.05) is 19.6 Å². The fourth-order valence-electron chi connectivity index (χ4n) is 3.82. The Morgan fingerprint density at radius 2 is 1.94 bits per heavy atom. The third-order valence-corrected chi connectivity index (χ3v) is 4.99. The summed E-state index contributed by atoms with van der Waals surface area (Å²) in [4.78, 5) is 2.81. The first kappa shape index (κ1) is 14.3. The third-order valence-electron chi connectivity index (χ3n) is 4.99. The van der Waals surface area contributed by atoms with Gasteiger partial charge >= 0.3 is 0 Å². The third kappa shape index (κ3) is 3.48. The van der Waals surface area contributed by atoms with Crippen molar-refractivity contribution in [1.82, 2.24) is 10.2 Å². The van der Waals surface area contributed by atoms with Gasteiger partial charge in [-0.1, -0.05) is 27.2 Å². The van der Waals surface area contributed by atoms with Gasteiger partial charge in [0.05, 0.1) is 0 Å². The Morgan fingerprint density at radius 3 is 2.50 bits per heavy atom. The molecular formula is C16H32N2. The molecule has 1 N–H and O–H groups in total. The number of piperidine rings is 1. The maximum atomic E-state index is 3.77. The van der Waals surface area contributed by atoms with Gasteiger partial charge in [0.25, 0.3) is 0 Å². The molecule has 1 aliphatic carbocycles. The minimum Gasteiger partial charge on any atom is -0.313 e.